The minimum Gasteiger partial charge on any atom is -0.508 e. The van der Waals surface area contributed by atoms with Gasteiger partial charge in [0.1, 0.15) is 17.3 Å². The van der Waals surface area contributed by atoms with Crippen molar-refractivity contribution in [1.82, 2.24) is 0 Å². The summed E-state index contributed by atoms with van der Waals surface area (Å²) in [5, 5.41) is 18.1. The molecule has 5 nitrogen and oxygen atoms in total. The van der Waals surface area contributed by atoms with Crippen LogP contribution in [0.5, 0.6) is 11.5 Å². The van der Waals surface area contributed by atoms with Crippen molar-refractivity contribution in [2.24, 2.45) is 0 Å². The van der Waals surface area contributed by atoms with Crippen LogP contribution in [0.15, 0.2) is 18.2 Å². The van der Waals surface area contributed by atoms with E-state index in [1.165, 1.54) is 6.07 Å². The molecule has 3 N–H and O–H groups in total. The number of phenolic OH excluding ortho intramolecular Hbond substituents is 2. The minimum atomic E-state index is -4.19. The SMILES string of the molecule is O=S(=O)(O)Cc1cc(O)ccc1O. The van der Waals surface area contributed by atoms with E-state index in [1.807, 2.05) is 0 Å². The Morgan fingerprint density at radius 1 is 1.23 bits per heavy atom. The highest BCUT2D eigenvalue weighted by molar-refractivity contribution is 7.85. The molecule has 1 aromatic rings. The van der Waals surface area contributed by atoms with Crippen molar-refractivity contribution in [2.75, 3.05) is 0 Å². The maximum Gasteiger partial charge on any atom is 0.269 e. The average Bonchev–Trinajstić information content (AvgIpc) is 1.94. The topological polar surface area (TPSA) is 94.8 Å². The van der Waals surface area contributed by atoms with E-state index in [1.54, 1.807) is 0 Å². The van der Waals surface area contributed by atoms with Crippen LogP contribution in [0.4, 0.5) is 0 Å². The van der Waals surface area contributed by atoms with Gasteiger partial charge in [0.05, 0.1) is 0 Å². The molecule has 0 aliphatic heterocycles. The molecule has 0 aromatic heterocycles. The lowest BCUT2D eigenvalue weighted by Crippen LogP contribution is -2.01. The van der Waals surface area contributed by atoms with E-state index in [0.717, 1.165) is 12.1 Å². The maximum absolute atomic E-state index is 10.4. The second kappa shape index (κ2) is 3.23. The van der Waals surface area contributed by atoms with Gasteiger partial charge in [-0.1, -0.05) is 0 Å². The predicted octanol–water partition coefficient (Wildman–Crippen LogP) is 0.486. The van der Waals surface area contributed by atoms with Gasteiger partial charge >= 0.3 is 0 Å². The minimum absolute atomic E-state index is 0.0394. The second-order valence-corrected chi connectivity index (χ2v) is 3.99. The molecule has 0 amide bonds. The van der Waals surface area contributed by atoms with Gasteiger partial charge in [-0.3, -0.25) is 4.55 Å². The van der Waals surface area contributed by atoms with E-state index in [9.17, 15) is 8.42 Å². The molecule has 0 unspecified atom stereocenters. The molecule has 6 heteroatoms. The Morgan fingerprint density at radius 2 is 1.85 bits per heavy atom. The van der Waals surface area contributed by atoms with E-state index in [4.69, 9.17) is 14.8 Å². The lowest BCUT2D eigenvalue weighted by Gasteiger charge is -2.02. The van der Waals surface area contributed by atoms with Crippen molar-refractivity contribution in [2.45, 2.75) is 5.75 Å². The van der Waals surface area contributed by atoms with Crippen molar-refractivity contribution in [3.63, 3.8) is 0 Å². The van der Waals surface area contributed by atoms with Gasteiger partial charge in [0.2, 0.25) is 0 Å². The largest absolute Gasteiger partial charge is 0.508 e. The first kappa shape index (κ1) is 9.82. The number of aromatic hydroxyl groups is 2. The van der Waals surface area contributed by atoms with Gasteiger partial charge in [0.15, 0.2) is 0 Å². The van der Waals surface area contributed by atoms with Crippen LogP contribution >= 0.6 is 0 Å². The van der Waals surface area contributed by atoms with Gasteiger partial charge in [-0.2, -0.15) is 8.42 Å². The third-order valence-corrected chi connectivity index (χ3v) is 2.08. The van der Waals surface area contributed by atoms with Gasteiger partial charge < -0.3 is 10.2 Å². The van der Waals surface area contributed by atoms with Crippen molar-refractivity contribution < 1.29 is 23.2 Å². The van der Waals surface area contributed by atoms with E-state index in [0.29, 0.717) is 0 Å². The molecular weight excluding hydrogens is 196 g/mol. The Hall–Kier alpha value is -1.27. The van der Waals surface area contributed by atoms with Crippen LogP contribution in [0.1, 0.15) is 5.56 Å². The van der Waals surface area contributed by atoms with Gasteiger partial charge in [-0.15, -0.1) is 0 Å². The van der Waals surface area contributed by atoms with E-state index in [-0.39, 0.29) is 17.1 Å². The summed E-state index contributed by atoms with van der Waals surface area (Å²) < 4.78 is 29.3. The lowest BCUT2D eigenvalue weighted by atomic mass is 10.2. The summed E-state index contributed by atoms with van der Waals surface area (Å²) in [6.07, 6.45) is 0. The molecule has 72 valence electrons. The highest BCUT2D eigenvalue weighted by atomic mass is 32.2. The number of hydrogen-bond acceptors (Lipinski definition) is 4. The second-order valence-electron chi connectivity index (χ2n) is 2.54. The van der Waals surface area contributed by atoms with Crippen molar-refractivity contribution >= 4 is 10.1 Å². The lowest BCUT2D eigenvalue weighted by molar-refractivity contribution is 0.451. The monoisotopic (exact) mass is 204 g/mol. The quantitative estimate of drug-likeness (QED) is 0.481. The third-order valence-electron chi connectivity index (χ3n) is 1.40. The summed E-state index contributed by atoms with van der Waals surface area (Å²) in [4.78, 5) is 0. The zero-order chi connectivity index (χ0) is 10.1. The van der Waals surface area contributed by atoms with Crippen LogP contribution in [0.2, 0.25) is 0 Å². The molecule has 0 bridgehead atoms. The molecule has 0 saturated carbocycles. The van der Waals surface area contributed by atoms with Gasteiger partial charge in [0, 0.05) is 5.56 Å². The third kappa shape index (κ3) is 2.92. The summed E-state index contributed by atoms with van der Waals surface area (Å²) in [6, 6.07) is 3.43. The van der Waals surface area contributed by atoms with Gasteiger partial charge in [-0.25, -0.2) is 0 Å². The summed E-state index contributed by atoms with van der Waals surface area (Å²) in [6.45, 7) is 0. The molecule has 13 heavy (non-hydrogen) atoms. The van der Waals surface area contributed by atoms with Crippen LogP contribution in [0.3, 0.4) is 0 Å². The van der Waals surface area contributed by atoms with Crippen LogP contribution in [-0.2, 0) is 15.9 Å². The first-order chi connectivity index (χ1) is 5.88. The van der Waals surface area contributed by atoms with Crippen LogP contribution < -0.4 is 0 Å². The number of phenols is 2. The molecule has 0 atom stereocenters. The standard InChI is InChI=1S/C7H8O5S/c8-6-1-2-7(9)5(3-6)4-13(10,11)12/h1-3,8-9H,4H2,(H,10,11,12). The molecule has 0 heterocycles. The highest BCUT2D eigenvalue weighted by Crippen LogP contribution is 2.23. The number of benzene rings is 1. The van der Waals surface area contributed by atoms with Crippen molar-refractivity contribution in [1.29, 1.82) is 0 Å². The number of rotatable bonds is 2. The number of hydrogen-bond donors (Lipinski definition) is 3. The molecule has 0 spiro atoms. The van der Waals surface area contributed by atoms with Crippen LogP contribution in [-0.4, -0.2) is 23.2 Å². The normalized spacial score (nSPS) is 11.5. The maximum atomic E-state index is 10.4. The average molecular weight is 204 g/mol. The highest BCUT2D eigenvalue weighted by Gasteiger charge is 2.10. The van der Waals surface area contributed by atoms with E-state index in [2.05, 4.69) is 0 Å². The van der Waals surface area contributed by atoms with E-state index >= 15 is 0 Å². The van der Waals surface area contributed by atoms with Crippen LogP contribution in [0.25, 0.3) is 0 Å². The zero-order valence-electron chi connectivity index (χ0n) is 6.51. The summed E-state index contributed by atoms with van der Waals surface area (Å²) in [5.41, 5.74) is -0.0394. The van der Waals surface area contributed by atoms with Crippen LogP contribution in [0, 0.1) is 0 Å². The Morgan fingerprint density at radius 3 is 2.38 bits per heavy atom. The molecule has 0 aliphatic carbocycles. The molecule has 1 rings (SSSR count). The first-order valence-electron chi connectivity index (χ1n) is 3.34. The first-order valence-corrected chi connectivity index (χ1v) is 4.95. The molecular formula is C7H8O5S. The zero-order valence-corrected chi connectivity index (χ0v) is 7.32. The van der Waals surface area contributed by atoms with E-state index < -0.39 is 15.9 Å². The Labute approximate surface area is 75.0 Å². The molecule has 1 aromatic carbocycles. The Balaban J connectivity index is 3.08. The smallest absolute Gasteiger partial charge is 0.269 e. The van der Waals surface area contributed by atoms with Gasteiger partial charge in [0.25, 0.3) is 10.1 Å². The Kier molecular flexibility index (Phi) is 2.44. The molecule has 0 aliphatic rings. The Bertz CT molecular complexity index is 409. The summed E-state index contributed by atoms with van der Waals surface area (Å²) in [7, 11) is -4.19. The van der Waals surface area contributed by atoms with Gasteiger partial charge in [-0.05, 0) is 18.2 Å². The summed E-state index contributed by atoms with van der Waals surface area (Å²) >= 11 is 0. The molecule has 0 saturated heterocycles. The van der Waals surface area contributed by atoms with Crippen molar-refractivity contribution in [3.8, 4) is 11.5 Å². The van der Waals surface area contributed by atoms with Crippen molar-refractivity contribution in [3.05, 3.63) is 23.8 Å². The predicted molar refractivity (Wildman–Crippen MR) is 45.0 cm³/mol. The fourth-order valence-corrected chi connectivity index (χ4v) is 1.51. The fraction of sp³-hybridized carbons (Fsp3) is 0.143. The fourth-order valence-electron chi connectivity index (χ4n) is 0.884. The molecule has 0 radical (unpaired) electrons. The summed E-state index contributed by atoms with van der Waals surface area (Å²) in [5.74, 6) is -1.17. The molecule has 0 fully saturated rings.